The van der Waals surface area contributed by atoms with Crippen molar-refractivity contribution < 1.29 is 40.7 Å². The van der Waals surface area contributed by atoms with Gasteiger partial charge in [0.05, 0.1) is 6.04 Å². The van der Waals surface area contributed by atoms with Gasteiger partial charge < -0.3 is 10.1 Å². The Bertz CT molecular complexity index is 523. The third-order valence-electron chi connectivity index (χ3n) is 5.40. The Kier molecular flexibility index (Phi) is 17.1. The molecule has 1 amide bonds. The third-order valence-corrected chi connectivity index (χ3v) is 5.40. The van der Waals surface area contributed by atoms with Gasteiger partial charge in [-0.25, -0.2) is 4.79 Å². The van der Waals surface area contributed by atoms with Crippen LogP contribution in [0.5, 0.6) is 0 Å². The first-order chi connectivity index (χ1) is 15.5. The van der Waals surface area contributed by atoms with Crippen molar-refractivity contribution in [1.82, 2.24) is 5.32 Å². The average Bonchev–Trinajstić information content (AvgIpc) is 2.72. The molecule has 0 aromatic carbocycles. The van der Waals surface area contributed by atoms with Crippen LogP contribution in [0.15, 0.2) is 0 Å². The molecule has 10 heteroatoms. The number of rotatable bonds is 19. The molecule has 4 nitrogen and oxygen atoms in total. The van der Waals surface area contributed by atoms with E-state index in [1.807, 2.05) is 0 Å². The number of nitrogens with one attached hydrogen (secondary N) is 1. The Balaban J connectivity index is 3.93. The maximum absolute atomic E-state index is 12.4. The predicted molar refractivity (Wildman–Crippen MR) is 115 cm³/mol. The van der Waals surface area contributed by atoms with Crippen LogP contribution in [0.25, 0.3) is 0 Å². The van der Waals surface area contributed by atoms with Gasteiger partial charge in [0, 0.05) is 0 Å². The zero-order valence-electron chi connectivity index (χ0n) is 19.6. The highest BCUT2D eigenvalue weighted by Crippen LogP contribution is 2.19. The van der Waals surface area contributed by atoms with Gasteiger partial charge in [-0.15, -0.1) is 0 Å². The van der Waals surface area contributed by atoms with Crippen molar-refractivity contribution >= 4 is 11.9 Å². The van der Waals surface area contributed by atoms with Crippen LogP contribution in [0, 0.1) is 0 Å². The molecule has 1 N–H and O–H groups in total. The molecule has 0 aliphatic heterocycles. The number of ether oxygens (including phenoxy) is 1. The SMILES string of the molecule is CCCCCCCCCCCCCCCCCC(COC(=O)C(F)(F)F)NC(=O)C(F)(F)F. The summed E-state index contributed by atoms with van der Waals surface area (Å²) in [6.45, 7) is 1.24. The number of alkyl halides is 6. The lowest BCUT2D eigenvalue weighted by atomic mass is 10.0. The van der Waals surface area contributed by atoms with Gasteiger partial charge in [0.15, 0.2) is 0 Å². The minimum Gasteiger partial charge on any atom is -0.457 e. The van der Waals surface area contributed by atoms with E-state index in [9.17, 15) is 35.9 Å². The first-order valence-corrected chi connectivity index (χ1v) is 12.1. The molecular weight excluding hydrogens is 452 g/mol. The highest BCUT2D eigenvalue weighted by Gasteiger charge is 2.42. The smallest absolute Gasteiger partial charge is 0.457 e. The molecule has 0 spiro atoms. The summed E-state index contributed by atoms with van der Waals surface area (Å²) in [5.74, 6) is -4.76. The molecule has 0 bridgehead atoms. The summed E-state index contributed by atoms with van der Waals surface area (Å²) in [6.07, 6.45) is 6.15. The van der Waals surface area contributed by atoms with Crippen LogP contribution in [-0.2, 0) is 14.3 Å². The minimum absolute atomic E-state index is 0.00872. The molecule has 0 heterocycles. The number of unbranched alkanes of at least 4 members (excludes halogenated alkanes) is 14. The van der Waals surface area contributed by atoms with E-state index in [4.69, 9.17) is 0 Å². The van der Waals surface area contributed by atoms with Gasteiger partial charge in [-0.1, -0.05) is 103 Å². The minimum atomic E-state index is -5.24. The van der Waals surface area contributed by atoms with Crippen LogP contribution in [-0.4, -0.2) is 36.9 Å². The Morgan fingerprint density at radius 3 is 1.42 bits per heavy atom. The van der Waals surface area contributed by atoms with Gasteiger partial charge in [0.1, 0.15) is 6.61 Å². The summed E-state index contributed by atoms with van der Waals surface area (Å²) < 4.78 is 77.9. The standard InChI is InChI=1S/C23H39F6NO3/c1-2-3-4-5-6-7-8-9-10-11-12-13-14-15-16-17-19(30-20(31)22(24,25)26)18-33-21(32)23(27,28)29/h19H,2-18H2,1H3,(H,30,31). The molecule has 0 saturated carbocycles. The zero-order chi connectivity index (χ0) is 25.2. The van der Waals surface area contributed by atoms with Crippen molar-refractivity contribution in [2.75, 3.05) is 6.61 Å². The Labute approximate surface area is 193 Å². The van der Waals surface area contributed by atoms with Crippen LogP contribution in [0.1, 0.15) is 110 Å². The molecule has 196 valence electrons. The van der Waals surface area contributed by atoms with Gasteiger partial charge >= 0.3 is 24.2 Å². The lowest BCUT2D eigenvalue weighted by molar-refractivity contribution is -0.200. The number of hydrogen-bond donors (Lipinski definition) is 1. The van der Waals surface area contributed by atoms with E-state index in [1.54, 1.807) is 5.32 Å². The Hall–Kier alpha value is -1.48. The Morgan fingerprint density at radius 1 is 0.667 bits per heavy atom. The first-order valence-electron chi connectivity index (χ1n) is 12.1. The summed E-state index contributed by atoms with van der Waals surface area (Å²) in [7, 11) is 0. The topological polar surface area (TPSA) is 55.4 Å². The summed E-state index contributed by atoms with van der Waals surface area (Å²) in [5.41, 5.74) is 0. The molecule has 1 atom stereocenters. The maximum atomic E-state index is 12.4. The second-order valence-electron chi connectivity index (χ2n) is 8.50. The Morgan fingerprint density at radius 2 is 1.06 bits per heavy atom. The number of carbonyl (C=O) groups excluding carboxylic acids is 2. The summed E-state index contributed by atoms with van der Waals surface area (Å²) in [5, 5.41) is 1.60. The summed E-state index contributed by atoms with van der Waals surface area (Å²) >= 11 is 0. The molecule has 0 aromatic heterocycles. The molecule has 0 aliphatic rings. The van der Waals surface area contributed by atoms with E-state index in [2.05, 4.69) is 11.7 Å². The van der Waals surface area contributed by atoms with E-state index in [-0.39, 0.29) is 6.42 Å². The lowest BCUT2D eigenvalue weighted by Gasteiger charge is -2.20. The average molecular weight is 492 g/mol. The second kappa shape index (κ2) is 17.9. The molecule has 0 rings (SSSR count). The third kappa shape index (κ3) is 18.6. The highest BCUT2D eigenvalue weighted by molar-refractivity contribution is 5.82. The van der Waals surface area contributed by atoms with Crippen LogP contribution in [0.4, 0.5) is 26.3 Å². The van der Waals surface area contributed by atoms with Crippen molar-refractivity contribution in [2.45, 2.75) is 128 Å². The molecule has 33 heavy (non-hydrogen) atoms. The number of carbonyl (C=O) groups is 2. The van der Waals surface area contributed by atoms with Gasteiger partial charge in [0.2, 0.25) is 0 Å². The number of hydrogen-bond acceptors (Lipinski definition) is 3. The van der Waals surface area contributed by atoms with Crippen molar-refractivity contribution in [3.63, 3.8) is 0 Å². The van der Waals surface area contributed by atoms with Crippen LogP contribution in [0.2, 0.25) is 0 Å². The summed E-state index contributed by atoms with van der Waals surface area (Å²) in [4.78, 5) is 21.9. The lowest BCUT2D eigenvalue weighted by Crippen LogP contribution is -2.46. The molecule has 0 saturated heterocycles. The number of esters is 1. The molecule has 0 aromatic rings. The summed E-state index contributed by atoms with van der Waals surface area (Å²) in [6, 6.07) is -1.33. The molecule has 1 unspecified atom stereocenters. The monoisotopic (exact) mass is 491 g/mol. The largest absolute Gasteiger partial charge is 0.490 e. The second-order valence-corrected chi connectivity index (χ2v) is 8.50. The van der Waals surface area contributed by atoms with Crippen LogP contribution >= 0.6 is 0 Å². The molecule has 0 fully saturated rings. The normalized spacial score (nSPS) is 13.1. The van der Waals surface area contributed by atoms with Crippen LogP contribution < -0.4 is 5.32 Å². The van der Waals surface area contributed by atoms with Gasteiger partial charge in [-0.3, -0.25) is 4.79 Å². The van der Waals surface area contributed by atoms with E-state index in [1.165, 1.54) is 57.8 Å². The fourth-order valence-electron chi connectivity index (χ4n) is 3.48. The van der Waals surface area contributed by atoms with E-state index in [0.717, 1.165) is 25.7 Å². The van der Waals surface area contributed by atoms with E-state index < -0.39 is 36.9 Å². The van der Waals surface area contributed by atoms with Gasteiger partial charge in [-0.05, 0) is 6.42 Å². The van der Waals surface area contributed by atoms with Crippen molar-refractivity contribution in [2.24, 2.45) is 0 Å². The number of halogens is 6. The van der Waals surface area contributed by atoms with Gasteiger partial charge in [0.25, 0.3) is 0 Å². The van der Waals surface area contributed by atoms with E-state index in [0.29, 0.717) is 12.8 Å². The molecule has 0 aliphatic carbocycles. The fourth-order valence-corrected chi connectivity index (χ4v) is 3.48. The fraction of sp³-hybridized carbons (Fsp3) is 0.913. The predicted octanol–water partition coefficient (Wildman–Crippen LogP) is 7.40. The van der Waals surface area contributed by atoms with Crippen molar-refractivity contribution in [3.8, 4) is 0 Å². The maximum Gasteiger partial charge on any atom is 0.490 e. The van der Waals surface area contributed by atoms with E-state index >= 15 is 0 Å². The van der Waals surface area contributed by atoms with Crippen LogP contribution in [0.3, 0.4) is 0 Å². The number of amides is 1. The van der Waals surface area contributed by atoms with Gasteiger partial charge in [-0.2, -0.15) is 26.3 Å². The zero-order valence-corrected chi connectivity index (χ0v) is 19.6. The van der Waals surface area contributed by atoms with Crippen molar-refractivity contribution in [3.05, 3.63) is 0 Å². The highest BCUT2D eigenvalue weighted by atomic mass is 19.4. The quantitative estimate of drug-likeness (QED) is 0.116. The molecular formula is C23H39F6NO3. The van der Waals surface area contributed by atoms with Crippen molar-refractivity contribution in [1.29, 1.82) is 0 Å². The molecule has 0 radical (unpaired) electrons. The first kappa shape index (κ1) is 31.5.